The zero-order valence-corrected chi connectivity index (χ0v) is 13.9. The molecule has 2 aromatic rings. The third-order valence-electron chi connectivity index (χ3n) is 3.64. The van der Waals surface area contributed by atoms with Crippen LogP contribution in [0.25, 0.3) is 0 Å². The van der Waals surface area contributed by atoms with Crippen LogP contribution in [-0.2, 0) is 4.79 Å². The maximum absolute atomic E-state index is 12.6. The van der Waals surface area contributed by atoms with E-state index < -0.39 is 6.04 Å². The minimum absolute atomic E-state index is 0. The average Bonchev–Trinajstić information content (AvgIpc) is 3.18. The second kappa shape index (κ2) is 7.43. The molecule has 2 heterocycles. The second-order valence-corrected chi connectivity index (χ2v) is 6.00. The van der Waals surface area contributed by atoms with Crippen molar-refractivity contribution in [3.05, 3.63) is 41.4 Å². The number of nitrogens with zero attached hydrogens (tertiary/aromatic N) is 2. The summed E-state index contributed by atoms with van der Waals surface area (Å²) in [7, 11) is 0. The summed E-state index contributed by atoms with van der Waals surface area (Å²) < 4.78 is 0. The molecule has 3 N–H and O–H groups in total. The lowest BCUT2D eigenvalue weighted by Crippen LogP contribution is -2.43. The number of halogens is 1. The maximum Gasteiger partial charge on any atom is 0.254 e. The highest BCUT2D eigenvalue weighted by Crippen LogP contribution is 2.22. The van der Waals surface area contributed by atoms with Crippen LogP contribution < -0.4 is 11.1 Å². The standard InChI is InChI=1S/C15H16N4O2S.ClH/c16-11-5-3-10(4-6-11)14(21)19-8-1-2-12(19)13(20)18-15-17-7-9-22-15;/h3-7,9,12H,1-2,8,16H2,(H,17,18,20);1H. The van der Waals surface area contributed by atoms with Gasteiger partial charge in [0, 0.05) is 29.4 Å². The molecule has 0 spiro atoms. The van der Waals surface area contributed by atoms with Gasteiger partial charge in [0.25, 0.3) is 5.91 Å². The summed E-state index contributed by atoms with van der Waals surface area (Å²) in [5.41, 5.74) is 6.79. The Kier molecular flexibility index (Phi) is 5.57. The van der Waals surface area contributed by atoms with E-state index in [9.17, 15) is 9.59 Å². The Morgan fingerprint density at radius 2 is 2.04 bits per heavy atom. The van der Waals surface area contributed by atoms with E-state index in [4.69, 9.17) is 5.73 Å². The van der Waals surface area contributed by atoms with Crippen molar-refractivity contribution in [2.24, 2.45) is 0 Å². The molecule has 3 rings (SSSR count). The number of hydrogen-bond acceptors (Lipinski definition) is 5. The number of amides is 2. The third kappa shape index (κ3) is 3.80. The van der Waals surface area contributed by atoms with Gasteiger partial charge in [-0.1, -0.05) is 0 Å². The van der Waals surface area contributed by atoms with Crippen molar-refractivity contribution in [2.75, 3.05) is 17.6 Å². The van der Waals surface area contributed by atoms with Gasteiger partial charge in [0.1, 0.15) is 6.04 Å². The summed E-state index contributed by atoms with van der Waals surface area (Å²) in [5.74, 6) is -0.326. The molecule has 1 aromatic carbocycles. The predicted octanol–water partition coefficient (Wildman–Crippen LogP) is 2.39. The van der Waals surface area contributed by atoms with Crippen LogP contribution >= 0.6 is 23.7 Å². The van der Waals surface area contributed by atoms with E-state index in [0.29, 0.717) is 29.3 Å². The summed E-state index contributed by atoms with van der Waals surface area (Å²) >= 11 is 1.36. The van der Waals surface area contributed by atoms with Crippen LogP contribution in [0.4, 0.5) is 10.8 Å². The first-order chi connectivity index (χ1) is 10.6. The van der Waals surface area contributed by atoms with Gasteiger partial charge in [-0.15, -0.1) is 23.7 Å². The number of nitrogens with one attached hydrogen (secondary N) is 1. The normalized spacial score (nSPS) is 16.7. The Balaban J connectivity index is 0.00000192. The van der Waals surface area contributed by atoms with Gasteiger partial charge in [0.2, 0.25) is 5.91 Å². The zero-order valence-electron chi connectivity index (χ0n) is 12.3. The summed E-state index contributed by atoms with van der Waals surface area (Å²) in [6.07, 6.45) is 3.11. The van der Waals surface area contributed by atoms with Crippen molar-refractivity contribution >= 4 is 46.4 Å². The Morgan fingerprint density at radius 3 is 2.70 bits per heavy atom. The third-order valence-corrected chi connectivity index (χ3v) is 4.32. The van der Waals surface area contributed by atoms with E-state index in [1.165, 1.54) is 11.3 Å². The number of nitrogens with two attached hydrogens (primary N) is 1. The zero-order chi connectivity index (χ0) is 15.5. The average molecular weight is 353 g/mol. The molecule has 23 heavy (non-hydrogen) atoms. The molecule has 0 aliphatic carbocycles. The Hall–Kier alpha value is -2.12. The van der Waals surface area contributed by atoms with Crippen LogP contribution in [0, 0.1) is 0 Å². The van der Waals surface area contributed by atoms with Gasteiger partial charge in [-0.05, 0) is 37.1 Å². The van der Waals surface area contributed by atoms with Crippen LogP contribution in [0.2, 0.25) is 0 Å². The quantitative estimate of drug-likeness (QED) is 0.830. The van der Waals surface area contributed by atoms with Gasteiger partial charge in [-0.3, -0.25) is 9.59 Å². The fourth-order valence-corrected chi connectivity index (χ4v) is 3.08. The lowest BCUT2D eigenvalue weighted by molar-refractivity contribution is -0.119. The number of nitrogen functional groups attached to an aromatic ring is 1. The molecule has 1 aliphatic rings. The molecule has 0 radical (unpaired) electrons. The van der Waals surface area contributed by atoms with Crippen LogP contribution in [0.3, 0.4) is 0 Å². The predicted molar refractivity (Wildman–Crippen MR) is 92.9 cm³/mol. The van der Waals surface area contributed by atoms with Crippen LogP contribution in [0.5, 0.6) is 0 Å². The number of benzene rings is 1. The Labute approximate surface area is 144 Å². The molecular formula is C15H17ClN4O2S. The van der Waals surface area contributed by atoms with E-state index in [1.54, 1.807) is 40.7 Å². The van der Waals surface area contributed by atoms with Gasteiger partial charge >= 0.3 is 0 Å². The Bertz CT molecular complexity index is 675. The topological polar surface area (TPSA) is 88.3 Å². The minimum Gasteiger partial charge on any atom is -0.399 e. The van der Waals surface area contributed by atoms with E-state index >= 15 is 0 Å². The summed E-state index contributed by atoms with van der Waals surface area (Å²) in [6.45, 7) is 0.583. The van der Waals surface area contributed by atoms with E-state index in [2.05, 4.69) is 10.3 Å². The van der Waals surface area contributed by atoms with Crippen molar-refractivity contribution in [3.63, 3.8) is 0 Å². The maximum atomic E-state index is 12.6. The van der Waals surface area contributed by atoms with Crippen molar-refractivity contribution in [3.8, 4) is 0 Å². The number of carbonyl (C=O) groups excluding carboxylic acids is 2. The number of carbonyl (C=O) groups is 2. The molecule has 2 amide bonds. The van der Waals surface area contributed by atoms with Crippen LogP contribution in [0.15, 0.2) is 35.8 Å². The smallest absolute Gasteiger partial charge is 0.254 e. The molecule has 1 unspecified atom stereocenters. The van der Waals surface area contributed by atoms with Crippen molar-refractivity contribution in [1.82, 2.24) is 9.88 Å². The largest absolute Gasteiger partial charge is 0.399 e. The number of aromatic nitrogens is 1. The monoisotopic (exact) mass is 352 g/mol. The van der Waals surface area contributed by atoms with Crippen LogP contribution in [0.1, 0.15) is 23.2 Å². The number of likely N-dealkylation sites (tertiary alicyclic amines) is 1. The first-order valence-corrected chi connectivity index (χ1v) is 7.90. The van der Waals surface area contributed by atoms with E-state index in [-0.39, 0.29) is 24.2 Å². The van der Waals surface area contributed by atoms with Gasteiger partial charge < -0.3 is 16.0 Å². The lowest BCUT2D eigenvalue weighted by Gasteiger charge is -2.23. The fraction of sp³-hybridized carbons (Fsp3) is 0.267. The van der Waals surface area contributed by atoms with E-state index in [0.717, 1.165) is 6.42 Å². The molecule has 1 aromatic heterocycles. The molecule has 0 saturated carbocycles. The van der Waals surface area contributed by atoms with Gasteiger partial charge in [-0.2, -0.15) is 0 Å². The summed E-state index contributed by atoms with van der Waals surface area (Å²) in [5, 5.41) is 5.11. The first-order valence-electron chi connectivity index (χ1n) is 7.02. The first kappa shape index (κ1) is 17.2. The molecule has 1 fully saturated rings. The summed E-state index contributed by atoms with van der Waals surface area (Å²) in [4.78, 5) is 30.6. The minimum atomic E-state index is -0.450. The van der Waals surface area contributed by atoms with E-state index in [1.807, 2.05) is 0 Å². The van der Waals surface area contributed by atoms with Gasteiger partial charge in [0.15, 0.2) is 5.13 Å². The molecule has 6 nitrogen and oxygen atoms in total. The van der Waals surface area contributed by atoms with Gasteiger partial charge in [-0.25, -0.2) is 4.98 Å². The number of rotatable bonds is 3. The van der Waals surface area contributed by atoms with Crippen molar-refractivity contribution < 1.29 is 9.59 Å². The SMILES string of the molecule is Cl.Nc1ccc(C(=O)N2CCCC2C(=O)Nc2nccs2)cc1. The fourth-order valence-electron chi connectivity index (χ4n) is 2.55. The second-order valence-electron chi connectivity index (χ2n) is 5.11. The van der Waals surface area contributed by atoms with Crippen molar-refractivity contribution in [2.45, 2.75) is 18.9 Å². The molecule has 1 saturated heterocycles. The van der Waals surface area contributed by atoms with Gasteiger partial charge in [0.05, 0.1) is 0 Å². The molecular weight excluding hydrogens is 336 g/mol. The molecule has 1 atom stereocenters. The molecule has 1 aliphatic heterocycles. The lowest BCUT2D eigenvalue weighted by atomic mass is 10.1. The molecule has 8 heteroatoms. The molecule has 122 valence electrons. The highest BCUT2D eigenvalue weighted by molar-refractivity contribution is 7.13. The Morgan fingerprint density at radius 1 is 1.30 bits per heavy atom. The number of anilines is 2. The molecule has 0 bridgehead atoms. The highest BCUT2D eigenvalue weighted by Gasteiger charge is 2.34. The summed E-state index contributed by atoms with van der Waals surface area (Å²) in [6, 6.07) is 6.30. The van der Waals surface area contributed by atoms with Crippen LogP contribution in [-0.4, -0.2) is 34.3 Å². The number of thiazole rings is 1. The highest BCUT2D eigenvalue weighted by atomic mass is 35.5. The number of hydrogen-bond donors (Lipinski definition) is 2. The van der Waals surface area contributed by atoms with Crippen molar-refractivity contribution in [1.29, 1.82) is 0 Å².